The molecule has 0 spiro atoms. The molecule has 0 fully saturated rings. The van der Waals surface area contributed by atoms with Gasteiger partial charge in [-0.25, -0.2) is 4.79 Å². The molecule has 3 rings (SSSR count). The van der Waals surface area contributed by atoms with Crippen LogP contribution in [0.2, 0.25) is 0 Å². The number of benzene rings is 3. The average Bonchev–Trinajstić information content (AvgIpc) is 2.72. The highest BCUT2D eigenvalue weighted by atomic mass is 16.6. The second kappa shape index (κ2) is 8.69. The van der Waals surface area contributed by atoms with Crippen molar-refractivity contribution in [3.63, 3.8) is 0 Å². The Hall–Kier alpha value is -3.85. The van der Waals surface area contributed by atoms with E-state index in [9.17, 15) is 9.59 Å². The van der Waals surface area contributed by atoms with Crippen LogP contribution in [0.1, 0.15) is 12.5 Å². The molecule has 6 heteroatoms. The molecule has 28 heavy (non-hydrogen) atoms. The van der Waals surface area contributed by atoms with Crippen LogP contribution in [-0.2, 0) is 14.3 Å². The molecule has 0 aromatic heterocycles. The van der Waals surface area contributed by atoms with Crippen LogP contribution in [-0.4, -0.2) is 24.6 Å². The van der Waals surface area contributed by atoms with Gasteiger partial charge in [0.05, 0.1) is 5.56 Å². The first-order valence-corrected chi connectivity index (χ1v) is 8.68. The summed E-state index contributed by atoms with van der Waals surface area (Å²) in [6.07, 6.45) is -0.992. The smallest absolute Gasteiger partial charge is 0.344 e. The lowest BCUT2D eigenvalue weighted by Crippen LogP contribution is -2.31. The van der Waals surface area contributed by atoms with Gasteiger partial charge >= 0.3 is 5.97 Å². The number of anilines is 1. The Labute approximate surface area is 162 Å². The van der Waals surface area contributed by atoms with Gasteiger partial charge in [-0.1, -0.05) is 42.5 Å². The Bertz CT molecular complexity index is 1060. The minimum atomic E-state index is -0.992. The first-order chi connectivity index (χ1) is 13.6. The number of nitrogens with zero attached hydrogens (tertiary/aromatic N) is 1. The lowest BCUT2D eigenvalue weighted by molar-refractivity contribution is -0.155. The van der Waals surface area contributed by atoms with Crippen molar-refractivity contribution < 1.29 is 19.1 Å². The van der Waals surface area contributed by atoms with Crippen LogP contribution in [0.5, 0.6) is 5.75 Å². The molecule has 0 aliphatic rings. The van der Waals surface area contributed by atoms with Gasteiger partial charge in [-0.3, -0.25) is 4.79 Å². The first kappa shape index (κ1) is 18.9. The van der Waals surface area contributed by atoms with E-state index in [2.05, 4.69) is 5.32 Å². The molecular formula is C22H18N2O4. The monoisotopic (exact) mass is 374 g/mol. The molecule has 0 unspecified atom stereocenters. The summed E-state index contributed by atoms with van der Waals surface area (Å²) in [5.74, 6) is -0.856. The van der Waals surface area contributed by atoms with Crippen molar-refractivity contribution in [2.75, 3.05) is 11.9 Å². The first-order valence-electron chi connectivity index (χ1n) is 8.68. The Morgan fingerprint density at radius 2 is 1.75 bits per heavy atom. The summed E-state index contributed by atoms with van der Waals surface area (Å²) in [5, 5.41) is 13.8. The normalized spacial score (nSPS) is 11.3. The molecule has 0 radical (unpaired) electrons. The van der Waals surface area contributed by atoms with Crippen molar-refractivity contribution in [2.24, 2.45) is 0 Å². The number of para-hydroxylation sites is 1. The van der Waals surface area contributed by atoms with E-state index in [4.69, 9.17) is 14.7 Å². The van der Waals surface area contributed by atoms with Crippen molar-refractivity contribution in [3.05, 3.63) is 72.3 Å². The predicted molar refractivity (Wildman–Crippen MR) is 105 cm³/mol. The van der Waals surface area contributed by atoms with Crippen molar-refractivity contribution in [2.45, 2.75) is 13.0 Å². The van der Waals surface area contributed by atoms with E-state index in [1.54, 1.807) is 30.3 Å². The number of rotatable bonds is 6. The number of hydrogen-bond donors (Lipinski definition) is 1. The Morgan fingerprint density at radius 3 is 2.54 bits per heavy atom. The minimum absolute atomic E-state index is 0.287. The van der Waals surface area contributed by atoms with Gasteiger partial charge in [-0.2, -0.15) is 5.26 Å². The molecular weight excluding hydrogens is 356 g/mol. The van der Waals surface area contributed by atoms with Crippen LogP contribution in [0, 0.1) is 11.3 Å². The predicted octanol–water partition coefficient (Wildman–Crippen LogP) is 3.66. The Kier molecular flexibility index (Phi) is 5.87. The molecule has 0 aliphatic carbocycles. The largest absolute Gasteiger partial charge is 0.481 e. The highest BCUT2D eigenvalue weighted by Crippen LogP contribution is 2.19. The van der Waals surface area contributed by atoms with Gasteiger partial charge in [-0.05, 0) is 42.0 Å². The van der Waals surface area contributed by atoms with Crippen molar-refractivity contribution >= 4 is 28.3 Å². The maximum Gasteiger partial charge on any atom is 0.344 e. The molecule has 0 saturated heterocycles. The lowest BCUT2D eigenvalue weighted by Gasteiger charge is -2.14. The van der Waals surface area contributed by atoms with Crippen LogP contribution in [0.25, 0.3) is 10.8 Å². The standard InChI is InChI=1S/C22H18N2O4/c1-15(28-21(25)14-27-20-9-5-4-8-18(20)13-23)22(26)24-19-11-10-16-6-2-3-7-17(16)12-19/h2-12,15H,14H2,1H3,(H,24,26)/t15-/m1/s1. The average molecular weight is 374 g/mol. The van der Waals surface area contributed by atoms with E-state index in [1.165, 1.54) is 6.92 Å². The number of carbonyl (C=O) groups is 2. The number of amides is 1. The second-order valence-corrected chi connectivity index (χ2v) is 6.08. The number of hydrogen-bond acceptors (Lipinski definition) is 5. The van der Waals surface area contributed by atoms with Gasteiger partial charge in [0.15, 0.2) is 12.7 Å². The molecule has 3 aromatic rings. The van der Waals surface area contributed by atoms with Crippen LogP contribution in [0.15, 0.2) is 66.7 Å². The zero-order valence-electron chi connectivity index (χ0n) is 15.2. The minimum Gasteiger partial charge on any atom is -0.481 e. The van der Waals surface area contributed by atoms with Gasteiger partial charge in [-0.15, -0.1) is 0 Å². The summed E-state index contributed by atoms with van der Waals surface area (Å²) in [5.41, 5.74) is 0.934. The molecule has 0 bridgehead atoms. The van der Waals surface area contributed by atoms with Gasteiger partial charge in [0, 0.05) is 5.69 Å². The summed E-state index contributed by atoms with van der Waals surface area (Å²) < 4.78 is 10.4. The van der Waals surface area contributed by atoms with Gasteiger partial charge in [0.25, 0.3) is 5.91 Å². The zero-order valence-corrected chi connectivity index (χ0v) is 15.2. The molecule has 0 saturated carbocycles. The molecule has 0 heterocycles. The Morgan fingerprint density at radius 1 is 1.04 bits per heavy atom. The van der Waals surface area contributed by atoms with Gasteiger partial charge < -0.3 is 14.8 Å². The molecule has 0 aliphatic heterocycles. The maximum atomic E-state index is 12.3. The summed E-state index contributed by atoms with van der Waals surface area (Å²) in [6, 6.07) is 21.9. The van der Waals surface area contributed by atoms with E-state index in [-0.39, 0.29) is 5.75 Å². The number of nitriles is 1. The summed E-state index contributed by atoms with van der Waals surface area (Å²) in [4.78, 5) is 24.2. The molecule has 1 atom stereocenters. The SMILES string of the molecule is C[C@@H](OC(=O)COc1ccccc1C#N)C(=O)Nc1ccc2ccccc2c1. The van der Waals surface area contributed by atoms with Crippen LogP contribution in [0.3, 0.4) is 0 Å². The lowest BCUT2D eigenvalue weighted by atomic mass is 10.1. The third kappa shape index (κ3) is 4.65. The number of ether oxygens (including phenoxy) is 2. The fourth-order valence-corrected chi connectivity index (χ4v) is 2.62. The number of fused-ring (bicyclic) bond motifs is 1. The second-order valence-electron chi connectivity index (χ2n) is 6.08. The number of carbonyl (C=O) groups excluding carboxylic acids is 2. The Balaban J connectivity index is 1.54. The number of nitrogens with one attached hydrogen (secondary N) is 1. The summed E-state index contributed by atoms with van der Waals surface area (Å²) >= 11 is 0. The van der Waals surface area contributed by atoms with E-state index >= 15 is 0 Å². The topological polar surface area (TPSA) is 88.4 Å². The highest BCUT2D eigenvalue weighted by Gasteiger charge is 2.18. The molecule has 1 amide bonds. The third-order valence-corrected chi connectivity index (χ3v) is 4.05. The van der Waals surface area contributed by atoms with Crippen molar-refractivity contribution in [1.82, 2.24) is 0 Å². The van der Waals surface area contributed by atoms with Crippen molar-refractivity contribution in [1.29, 1.82) is 5.26 Å². The fourth-order valence-electron chi connectivity index (χ4n) is 2.62. The van der Waals surface area contributed by atoms with Crippen LogP contribution < -0.4 is 10.1 Å². The number of esters is 1. The van der Waals surface area contributed by atoms with Gasteiger partial charge in [0.2, 0.25) is 0 Å². The van der Waals surface area contributed by atoms with Crippen LogP contribution >= 0.6 is 0 Å². The third-order valence-electron chi connectivity index (χ3n) is 4.05. The van der Waals surface area contributed by atoms with E-state index in [0.29, 0.717) is 11.3 Å². The quantitative estimate of drug-likeness (QED) is 0.665. The summed E-state index contributed by atoms with van der Waals surface area (Å²) in [6.45, 7) is 1.09. The van der Waals surface area contributed by atoms with Crippen molar-refractivity contribution in [3.8, 4) is 11.8 Å². The molecule has 3 aromatic carbocycles. The summed E-state index contributed by atoms with van der Waals surface area (Å²) in [7, 11) is 0. The fraction of sp³-hybridized carbons (Fsp3) is 0.136. The van der Waals surface area contributed by atoms with E-state index in [1.807, 2.05) is 42.5 Å². The highest BCUT2D eigenvalue weighted by molar-refractivity contribution is 5.97. The molecule has 6 nitrogen and oxygen atoms in total. The molecule has 140 valence electrons. The van der Waals surface area contributed by atoms with Crippen LogP contribution in [0.4, 0.5) is 5.69 Å². The zero-order chi connectivity index (χ0) is 19.9. The van der Waals surface area contributed by atoms with Gasteiger partial charge in [0.1, 0.15) is 11.8 Å². The molecule has 1 N–H and O–H groups in total. The maximum absolute atomic E-state index is 12.3. The van der Waals surface area contributed by atoms with E-state index in [0.717, 1.165) is 10.8 Å². The van der Waals surface area contributed by atoms with E-state index < -0.39 is 24.6 Å².